The molecular formula is C22H26BrClN2O3. The minimum Gasteiger partial charge on any atom is -0.483 e. The summed E-state index contributed by atoms with van der Waals surface area (Å²) >= 11 is 9.32. The third kappa shape index (κ3) is 7.05. The number of ether oxygens (including phenoxy) is 1. The van der Waals surface area contributed by atoms with E-state index in [2.05, 4.69) is 21.2 Å². The van der Waals surface area contributed by atoms with Gasteiger partial charge in [-0.15, -0.1) is 0 Å². The summed E-state index contributed by atoms with van der Waals surface area (Å²) in [7, 11) is 0. The lowest BCUT2D eigenvalue weighted by Crippen LogP contribution is -2.50. The predicted molar refractivity (Wildman–Crippen MR) is 119 cm³/mol. The number of benzene rings is 2. The molecule has 0 radical (unpaired) electrons. The Morgan fingerprint density at radius 2 is 1.86 bits per heavy atom. The fraction of sp³-hybridized carbons (Fsp3) is 0.364. The molecule has 0 aromatic heterocycles. The molecule has 2 atom stereocenters. The summed E-state index contributed by atoms with van der Waals surface area (Å²) in [5.74, 6) is 0.0536. The molecule has 0 saturated heterocycles. The first-order valence-corrected chi connectivity index (χ1v) is 10.7. The number of hydrogen-bond donors (Lipinski definition) is 1. The maximum Gasteiger partial charge on any atom is 0.261 e. The van der Waals surface area contributed by atoms with E-state index in [1.54, 1.807) is 25.1 Å². The molecule has 2 aromatic rings. The third-order valence-electron chi connectivity index (χ3n) is 4.61. The topological polar surface area (TPSA) is 58.6 Å². The zero-order chi connectivity index (χ0) is 21.4. The number of carbonyl (C=O) groups excluding carboxylic acids is 2. The molecule has 0 bridgehead atoms. The first-order chi connectivity index (χ1) is 13.8. The van der Waals surface area contributed by atoms with Gasteiger partial charge in [-0.1, -0.05) is 48.9 Å². The number of amides is 2. The van der Waals surface area contributed by atoms with Crippen molar-refractivity contribution < 1.29 is 14.3 Å². The van der Waals surface area contributed by atoms with Crippen LogP contribution in [0.5, 0.6) is 5.75 Å². The Morgan fingerprint density at radius 1 is 1.17 bits per heavy atom. The number of halogens is 2. The first-order valence-electron chi connectivity index (χ1n) is 9.53. The van der Waals surface area contributed by atoms with Crippen LogP contribution in [0, 0.1) is 0 Å². The second-order valence-corrected chi connectivity index (χ2v) is 8.16. The molecule has 0 aliphatic carbocycles. The van der Waals surface area contributed by atoms with Gasteiger partial charge in [-0.3, -0.25) is 9.59 Å². The third-order valence-corrected chi connectivity index (χ3v) is 5.46. The summed E-state index contributed by atoms with van der Waals surface area (Å²) in [5.41, 5.74) is 0.941. The molecule has 0 aliphatic rings. The van der Waals surface area contributed by atoms with Crippen molar-refractivity contribution in [3.05, 3.63) is 63.6 Å². The van der Waals surface area contributed by atoms with E-state index < -0.39 is 6.04 Å². The molecule has 0 unspecified atom stereocenters. The minimum absolute atomic E-state index is 0.0416. The van der Waals surface area contributed by atoms with Crippen LogP contribution in [0.3, 0.4) is 0 Å². The molecule has 2 amide bonds. The van der Waals surface area contributed by atoms with Gasteiger partial charge >= 0.3 is 0 Å². The van der Waals surface area contributed by atoms with Crippen LogP contribution in [0.15, 0.2) is 53.0 Å². The Balaban J connectivity index is 2.14. The molecular weight excluding hydrogens is 456 g/mol. The van der Waals surface area contributed by atoms with Gasteiger partial charge in [-0.05, 0) is 60.0 Å². The number of carbonyl (C=O) groups is 2. The molecule has 0 saturated carbocycles. The van der Waals surface area contributed by atoms with Crippen molar-refractivity contribution in [1.29, 1.82) is 0 Å². The maximum atomic E-state index is 13.0. The molecule has 156 valence electrons. The van der Waals surface area contributed by atoms with Gasteiger partial charge in [0.25, 0.3) is 5.91 Å². The highest BCUT2D eigenvalue weighted by Gasteiger charge is 2.27. The molecule has 2 aromatic carbocycles. The van der Waals surface area contributed by atoms with Crippen LogP contribution in [0.2, 0.25) is 5.02 Å². The number of hydrogen-bond acceptors (Lipinski definition) is 3. The van der Waals surface area contributed by atoms with Gasteiger partial charge in [0.15, 0.2) is 6.61 Å². The van der Waals surface area contributed by atoms with Crippen LogP contribution < -0.4 is 10.1 Å². The summed E-state index contributed by atoms with van der Waals surface area (Å²) < 4.78 is 6.34. The zero-order valence-electron chi connectivity index (χ0n) is 16.8. The van der Waals surface area contributed by atoms with Crippen LogP contribution >= 0.6 is 27.5 Å². The summed E-state index contributed by atoms with van der Waals surface area (Å²) in [6, 6.07) is 14.1. The van der Waals surface area contributed by atoms with Crippen molar-refractivity contribution in [2.45, 2.75) is 45.8 Å². The van der Waals surface area contributed by atoms with Crippen molar-refractivity contribution in [2.75, 3.05) is 6.61 Å². The minimum atomic E-state index is -0.631. The molecule has 0 fully saturated rings. The summed E-state index contributed by atoms with van der Waals surface area (Å²) in [6.07, 6.45) is 0.818. The normalized spacial score (nSPS) is 12.7. The molecule has 0 aliphatic heterocycles. The highest BCUT2D eigenvalue weighted by molar-refractivity contribution is 9.10. The number of nitrogens with zero attached hydrogens (tertiary/aromatic N) is 1. The molecule has 0 spiro atoms. The van der Waals surface area contributed by atoms with Crippen molar-refractivity contribution in [2.24, 2.45) is 0 Å². The van der Waals surface area contributed by atoms with Gasteiger partial charge < -0.3 is 15.0 Å². The molecule has 29 heavy (non-hydrogen) atoms. The Labute approximate surface area is 185 Å². The maximum absolute atomic E-state index is 13.0. The lowest BCUT2D eigenvalue weighted by atomic mass is 10.1. The largest absolute Gasteiger partial charge is 0.483 e. The summed E-state index contributed by atoms with van der Waals surface area (Å²) in [5, 5.41) is 3.51. The van der Waals surface area contributed by atoms with Gasteiger partial charge in [0.2, 0.25) is 5.91 Å². The van der Waals surface area contributed by atoms with Crippen LogP contribution in [-0.2, 0) is 16.1 Å². The van der Waals surface area contributed by atoms with E-state index in [4.69, 9.17) is 16.3 Å². The van der Waals surface area contributed by atoms with Gasteiger partial charge in [0.1, 0.15) is 11.8 Å². The van der Waals surface area contributed by atoms with E-state index in [1.807, 2.05) is 44.2 Å². The van der Waals surface area contributed by atoms with Crippen molar-refractivity contribution in [3.63, 3.8) is 0 Å². The fourth-order valence-corrected chi connectivity index (χ4v) is 3.44. The zero-order valence-corrected chi connectivity index (χ0v) is 19.2. The van der Waals surface area contributed by atoms with E-state index in [9.17, 15) is 9.59 Å². The second kappa shape index (κ2) is 11.2. The van der Waals surface area contributed by atoms with Crippen LogP contribution in [0.25, 0.3) is 0 Å². The van der Waals surface area contributed by atoms with Crippen LogP contribution in [0.4, 0.5) is 0 Å². The lowest BCUT2D eigenvalue weighted by molar-refractivity contribution is -0.142. The highest BCUT2D eigenvalue weighted by Crippen LogP contribution is 2.28. The van der Waals surface area contributed by atoms with Gasteiger partial charge in [0, 0.05) is 17.6 Å². The predicted octanol–water partition coefficient (Wildman–Crippen LogP) is 4.81. The lowest BCUT2D eigenvalue weighted by Gasteiger charge is -2.29. The van der Waals surface area contributed by atoms with E-state index in [-0.39, 0.29) is 24.5 Å². The first kappa shape index (κ1) is 23.2. The quantitative estimate of drug-likeness (QED) is 0.559. The molecule has 7 heteroatoms. The van der Waals surface area contributed by atoms with Crippen LogP contribution in [0.1, 0.15) is 32.8 Å². The summed E-state index contributed by atoms with van der Waals surface area (Å²) in [4.78, 5) is 27.2. The van der Waals surface area contributed by atoms with E-state index in [1.165, 1.54) is 4.90 Å². The van der Waals surface area contributed by atoms with E-state index >= 15 is 0 Å². The van der Waals surface area contributed by atoms with Gasteiger partial charge in [0.05, 0.1) is 4.47 Å². The van der Waals surface area contributed by atoms with Gasteiger partial charge in [-0.2, -0.15) is 0 Å². The van der Waals surface area contributed by atoms with Gasteiger partial charge in [-0.25, -0.2) is 0 Å². The Kier molecular flexibility index (Phi) is 8.99. The molecule has 1 N–H and O–H groups in total. The Morgan fingerprint density at radius 3 is 2.48 bits per heavy atom. The van der Waals surface area contributed by atoms with E-state index in [0.717, 1.165) is 12.0 Å². The average molecular weight is 482 g/mol. The molecule has 2 rings (SSSR count). The number of rotatable bonds is 9. The molecule has 5 nitrogen and oxygen atoms in total. The SMILES string of the molecule is CC[C@@H](C)NC(=O)[C@H](C)N(Cc1ccccc1)C(=O)COc1ccc(Cl)cc1Br. The second-order valence-electron chi connectivity index (χ2n) is 6.86. The number of nitrogens with one attached hydrogen (secondary N) is 1. The van der Waals surface area contributed by atoms with Crippen molar-refractivity contribution >= 4 is 39.3 Å². The monoisotopic (exact) mass is 480 g/mol. The fourth-order valence-electron chi connectivity index (χ4n) is 2.64. The van der Waals surface area contributed by atoms with E-state index in [0.29, 0.717) is 21.8 Å². The van der Waals surface area contributed by atoms with Crippen molar-refractivity contribution in [3.8, 4) is 5.75 Å². The average Bonchev–Trinajstić information content (AvgIpc) is 2.71. The van der Waals surface area contributed by atoms with Crippen LogP contribution in [-0.4, -0.2) is 35.4 Å². The smallest absolute Gasteiger partial charge is 0.261 e. The summed E-state index contributed by atoms with van der Waals surface area (Å²) in [6.45, 7) is 5.81. The standard InChI is InChI=1S/C22H26BrClN2O3/c1-4-15(2)25-22(28)16(3)26(13-17-8-6-5-7-9-17)21(27)14-29-20-11-10-18(24)12-19(20)23/h5-12,15-16H,4,13-14H2,1-3H3,(H,25,28)/t15-,16+/m1/s1. The Hall–Kier alpha value is -2.05. The highest BCUT2D eigenvalue weighted by atomic mass is 79.9. The molecule has 0 heterocycles. The Bertz CT molecular complexity index is 832. The van der Waals surface area contributed by atoms with Crippen molar-refractivity contribution in [1.82, 2.24) is 10.2 Å².